The molecule has 1 fully saturated rings. The van der Waals surface area contributed by atoms with Gasteiger partial charge in [0, 0.05) is 40.0 Å². The van der Waals surface area contributed by atoms with Crippen LogP contribution in [0.15, 0.2) is 28.2 Å². The molecule has 2 amide bonds. The second kappa shape index (κ2) is 11.7. The monoisotopic (exact) mass is 615 g/mol. The van der Waals surface area contributed by atoms with Gasteiger partial charge in [0.2, 0.25) is 10.9 Å². The number of aliphatic hydroxyl groups excluding tert-OH is 1. The van der Waals surface area contributed by atoms with Gasteiger partial charge < -0.3 is 20.4 Å². The average Bonchev–Trinajstić information content (AvgIpc) is 3.28. The number of halogens is 1. The highest BCUT2D eigenvalue weighted by atomic mass is 32.2. The summed E-state index contributed by atoms with van der Waals surface area (Å²) >= 11 is 1.45. The molecule has 1 unspecified atom stereocenters. The average molecular weight is 616 g/mol. The molecule has 43 heavy (non-hydrogen) atoms. The number of thioether (sulfide) groups is 1. The molecule has 2 aliphatic heterocycles. The van der Waals surface area contributed by atoms with E-state index in [9.17, 15) is 29.0 Å². The van der Waals surface area contributed by atoms with Crippen LogP contribution in [0.3, 0.4) is 0 Å². The Kier molecular flexibility index (Phi) is 8.28. The second-order valence-corrected chi connectivity index (χ2v) is 12.5. The summed E-state index contributed by atoms with van der Waals surface area (Å²) < 4.78 is 16.6. The maximum Gasteiger partial charge on any atom is 0.296 e. The van der Waals surface area contributed by atoms with Gasteiger partial charge in [-0.15, -0.1) is 5.10 Å². The zero-order valence-corrected chi connectivity index (χ0v) is 25.1. The van der Waals surface area contributed by atoms with Crippen LogP contribution in [0.5, 0.6) is 5.75 Å². The Morgan fingerprint density at radius 1 is 1.23 bits per heavy atom. The van der Waals surface area contributed by atoms with Crippen molar-refractivity contribution in [3.05, 3.63) is 57.0 Å². The van der Waals surface area contributed by atoms with E-state index in [0.717, 1.165) is 0 Å². The number of amides is 2. The summed E-state index contributed by atoms with van der Waals surface area (Å²) in [6, 6.07) is 4.41. The van der Waals surface area contributed by atoms with E-state index in [2.05, 4.69) is 31.1 Å². The number of hydrogen-bond acceptors (Lipinski definition) is 11. The van der Waals surface area contributed by atoms with Crippen LogP contribution in [-0.2, 0) is 30.5 Å². The molecule has 16 heteroatoms. The van der Waals surface area contributed by atoms with E-state index in [1.165, 1.54) is 47.5 Å². The Morgan fingerprint density at radius 3 is 2.58 bits per heavy atom. The highest BCUT2D eigenvalue weighted by Gasteiger charge is 2.52. The first-order valence-corrected chi connectivity index (χ1v) is 14.7. The number of tetrazole rings is 1. The van der Waals surface area contributed by atoms with E-state index in [0.29, 0.717) is 47.7 Å². The van der Waals surface area contributed by atoms with Gasteiger partial charge in [-0.1, -0.05) is 23.9 Å². The van der Waals surface area contributed by atoms with Crippen LogP contribution in [-0.4, -0.2) is 82.8 Å². The zero-order valence-electron chi connectivity index (χ0n) is 24.3. The Labute approximate surface area is 250 Å². The van der Waals surface area contributed by atoms with Gasteiger partial charge >= 0.3 is 0 Å². The quantitative estimate of drug-likeness (QED) is 0.193. The molecular formula is C27H34FN9O5S. The molecule has 1 atom stereocenters. The third-order valence-electron chi connectivity index (χ3n) is 8.30. The van der Waals surface area contributed by atoms with E-state index in [-0.39, 0.29) is 24.7 Å². The third kappa shape index (κ3) is 5.86. The highest BCUT2D eigenvalue weighted by molar-refractivity contribution is 7.99. The summed E-state index contributed by atoms with van der Waals surface area (Å²) in [7, 11) is 4.77. The van der Waals surface area contributed by atoms with Gasteiger partial charge in [0.25, 0.3) is 17.4 Å². The molecule has 4 heterocycles. The lowest BCUT2D eigenvalue weighted by Crippen LogP contribution is -2.56. The van der Waals surface area contributed by atoms with Crippen molar-refractivity contribution in [3.63, 3.8) is 0 Å². The van der Waals surface area contributed by atoms with Crippen LogP contribution in [0.25, 0.3) is 0 Å². The van der Waals surface area contributed by atoms with Gasteiger partial charge in [0.05, 0.1) is 5.54 Å². The molecule has 1 aromatic carbocycles. The van der Waals surface area contributed by atoms with Crippen molar-refractivity contribution in [3.8, 4) is 5.75 Å². The van der Waals surface area contributed by atoms with Crippen LogP contribution in [0, 0.1) is 18.2 Å². The second-order valence-electron chi connectivity index (χ2n) is 11.5. The number of aliphatic hydroxyl groups is 1. The summed E-state index contributed by atoms with van der Waals surface area (Å²) in [5.74, 6) is -1.84. The van der Waals surface area contributed by atoms with Crippen molar-refractivity contribution in [1.82, 2.24) is 45.3 Å². The number of nitrogens with zero attached hydrogens (tertiary/aromatic N) is 7. The van der Waals surface area contributed by atoms with Gasteiger partial charge in [0.15, 0.2) is 11.9 Å². The van der Waals surface area contributed by atoms with E-state index in [4.69, 9.17) is 0 Å². The van der Waals surface area contributed by atoms with Crippen LogP contribution in [0.4, 0.5) is 4.39 Å². The molecule has 1 aliphatic carbocycles. The van der Waals surface area contributed by atoms with Crippen molar-refractivity contribution >= 4 is 23.6 Å². The first-order chi connectivity index (χ1) is 20.3. The summed E-state index contributed by atoms with van der Waals surface area (Å²) in [6.07, 6.45) is 0.384. The number of fused-ring (bicyclic) bond motifs is 2. The van der Waals surface area contributed by atoms with Crippen molar-refractivity contribution in [1.29, 1.82) is 0 Å². The molecule has 0 radical (unpaired) electrons. The normalized spacial score (nSPS) is 21.6. The zero-order chi connectivity index (χ0) is 31.1. The fourth-order valence-corrected chi connectivity index (χ4v) is 6.88. The number of carbonyl (C=O) groups is 2. The number of aromatic nitrogens is 6. The smallest absolute Gasteiger partial charge is 0.296 e. The SMILES string of the molecule is Cc1cc(CNC(=O)c2nc3n(c(=O)c2O)CC2(CSc4nnnn4C)CCC3(NC(O)C(=O)N(C)C)CC2)ccc1F. The molecule has 4 N–H and O–H groups in total. The van der Waals surface area contributed by atoms with Crippen LogP contribution < -0.4 is 16.2 Å². The molecule has 230 valence electrons. The third-order valence-corrected chi connectivity index (χ3v) is 9.66. The van der Waals surface area contributed by atoms with Gasteiger partial charge in [-0.25, -0.2) is 14.1 Å². The van der Waals surface area contributed by atoms with Crippen LogP contribution in [0.1, 0.15) is 53.1 Å². The van der Waals surface area contributed by atoms with Gasteiger partial charge in [-0.3, -0.25) is 24.3 Å². The number of carbonyl (C=O) groups excluding carboxylic acids is 2. The van der Waals surface area contributed by atoms with E-state index in [1.807, 2.05) is 0 Å². The predicted octanol–water partition coefficient (Wildman–Crippen LogP) is 0.408. The van der Waals surface area contributed by atoms with Crippen molar-refractivity contribution < 1.29 is 24.2 Å². The highest BCUT2D eigenvalue weighted by Crippen LogP contribution is 2.51. The lowest BCUT2D eigenvalue weighted by atomic mass is 9.69. The van der Waals surface area contributed by atoms with E-state index in [1.54, 1.807) is 24.7 Å². The van der Waals surface area contributed by atoms with Gasteiger partial charge in [-0.2, -0.15) is 0 Å². The first-order valence-electron chi connectivity index (χ1n) is 13.7. The van der Waals surface area contributed by atoms with Crippen molar-refractivity contribution in [2.45, 2.75) is 62.6 Å². The molecule has 1 saturated carbocycles. The Balaban J connectivity index is 1.51. The number of aromatic hydroxyl groups is 1. The summed E-state index contributed by atoms with van der Waals surface area (Å²) in [6.45, 7) is 1.81. The minimum Gasteiger partial charge on any atom is -0.501 e. The van der Waals surface area contributed by atoms with Gasteiger partial charge in [-0.05, 0) is 65.6 Å². The van der Waals surface area contributed by atoms with Crippen molar-refractivity contribution in [2.24, 2.45) is 12.5 Å². The Hall–Kier alpha value is -3.89. The molecule has 6 rings (SSSR count). The van der Waals surface area contributed by atoms with Crippen LogP contribution >= 0.6 is 11.8 Å². The fourth-order valence-electron chi connectivity index (χ4n) is 5.75. The number of hydrogen-bond donors (Lipinski definition) is 4. The molecule has 2 aromatic heterocycles. The number of benzene rings is 1. The fraction of sp³-hybridized carbons (Fsp3) is 0.519. The molecule has 0 saturated heterocycles. The van der Waals surface area contributed by atoms with Gasteiger partial charge in [0.1, 0.15) is 11.6 Å². The molecule has 3 aliphatic rings. The number of likely N-dealkylation sites (N-methyl/N-ethyl adjacent to an activating group) is 1. The maximum atomic E-state index is 13.7. The number of nitrogens with one attached hydrogen (secondary N) is 2. The largest absolute Gasteiger partial charge is 0.501 e. The summed E-state index contributed by atoms with van der Waals surface area (Å²) in [5.41, 5.74) is -1.80. The minimum atomic E-state index is -1.60. The van der Waals surface area contributed by atoms with Crippen LogP contribution in [0.2, 0.25) is 0 Å². The van der Waals surface area contributed by atoms with Crippen molar-refractivity contribution in [2.75, 3.05) is 19.8 Å². The Bertz CT molecular complexity index is 1620. The number of aryl methyl sites for hydroxylation is 2. The lowest BCUT2D eigenvalue weighted by Gasteiger charge is -2.43. The minimum absolute atomic E-state index is 0.0101. The van der Waals surface area contributed by atoms with E-state index >= 15 is 0 Å². The predicted molar refractivity (Wildman–Crippen MR) is 152 cm³/mol. The molecule has 2 bridgehead atoms. The van der Waals surface area contributed by atoms with E-state index < -0.39 is 46.0 Å². The molecule has 0 spiro atoms. The topological polar surface area (TPSA) is 180 Å². The first kappa shape index (κ1) is 30.6. The summed E-state index contributed by atoms with van der Waals surface area (Å²) in [4.78, 5) is 45.4. The standard InChI is InChI=1S/C27H34FN9O5S/c1-15-11-16(5-6-17(15)28)12-29-20(39)18-19(38)22(41)37-13-26(14-43-25-32-33-34-36(25)4)7-9-27(10-8-26,24(37)30-18)31-21(40)23(42)35(2)3/h5-6,11,21,31,38,40H,7-10,12-14H2,1-4H3,(H,29,39). The molecular weight excluding hydrogens is 581 g/mol. The molecule has 14 nitrogen and oxygen atoms in total. The Morgan fingerprint density at radius 2 is 1.95 bits per heavy atom. The maximum absolute atomic E-state index is 13.7. The summed E-state index contributed by atoms with van der Waals surface area (Å²) in [5, 5.41) is 39.7. The molecule has 3 aromatic rings. The lowest BCUT2D eigenvalue weighted by molar-refractivity contribution is -0.141. The number of rotatable bonds is 9.